The quantitative estimate of drug-likeness (QED) is 0.662. The predicted molar refractivity (Wildman–Crippen MR) is 96.9 cm³/mol. The van der Waals surface area contributed by atoms with Gasteiger partial charge in [-0.05, 0) is 15.9 Å². The second-order valence-electron chi connectivity index (χ2n) is 6.20. The molecule has 136 valence electrons. The number of nitrogens with one attached hydrogen (secondary N) is 1. The van der Waals surface area contributed by atoms with E-state index in [0.29, 0.717) is 30.2 Å². The van der Waals surface area contributed by atoms with E-state index in [1.54, 1.807) is 0 Å². The van der Waals surface area contributed by atoms with Crippen LogP contribution in [-0.4, -0.2) is 69.6 Å². The molecule has 1 aliphatic rings. The summed E-state index contributed by atoms with van der Waals surface area (Å²) in [5.74, 6) is 1.43. The van der Waals surface area contributed by atoms with Crippen LogP contribution >= 0.6 is 0 Å². The van der Waals surface area contributed by atoms with Crippen molar-refractivity contribution in [2.45, 2.75) is 6.54 Å². The molecular weight excluding hydrogens is 334 g/mol. The molecule has 0 saturated carbocycles. The Morgan fingerprint density at radius 2 is 1.73 bits per heavy atom. The fraction of sp³-hybridized carbons (Fsp3) is 0.412. The van der Waals surface area contributed by atoms with Crippen molar-refractivity contribution in [3.63, 3.8) is 0 Å². The number of benzene rings is 1. The zero-order valence-electron chi connectivity index (χ0n) is 14.4. The summed E-state index contributed by atoms with van der Waals surface area (Å²) >= 11 is 0. The molecule has 1 saturated heterocycles. The van der Waals surface area contributed by atoms with E-state index >= 15 is 0 Å². The monoisotopic (exact) mass is 355 g/mol. The first-order chi connectivity index (χ1) is 12.8. The van der Waals surface area contributed by atoms with Crippen molar-refractivity contribution >= 4 is 22.9 Å². The van der Waals surface area contributed by atoms with Gasteiger partial charge in [0, 0.05) is 39.3 Å². The Kier molecular flexibility index (Phi) is 4.89. The van der Waals surface area contributed by atoms with E-state index in [4.69, 9.17) is 9.74 Å². The minimum absolute atomic E-state index is 0.181. The highest BCUT2D eigenvalue weighted by atomic mass is 16.6. The molecule has 0 spiro atoms. The third kappa shape index (κ3) is 3.58. The van der Waals surface area contributed by atoms with Crippen LogP contribution in [-0.2, 0) is 6.54 Å². The zero-order chi connectivity index (χ0) is 17.8. The van der Waals surface area contributed by atoms with Crippen LogP contribution in [0.1, 0.15) is 5.56 Å². The van der Waals surface area contributed by atoms with E-state index in [2.05, 4.69) is 47.5 Å². The van der Waals surface area contributed by atoms with Crippen molar-refractivity contribution in [2.24, 2.45) is 0 Å². The lowest BCUT2D eigenvalue weighted by atomic mass is 10.2. The summed E-state index contributed by atoms with van der Waals surface area (Å²) < 4.78 is 4.77. The Morgan fingerprint density at radius 3 is 2.46 bits per heavy atom. The molecule has 26 heavy (non-hydrogen) atoms. The number of β-amino-alcohol motifs (C(OH)–C–C–N with tert-alkyl or cyclic N) is 1. The van der Waals surface area contributed by atoms with Gasteiger partial charge in [-0.3, -0.25) is 4.90 Å². The number of aliphatic hydroxyl groups excluding tert-OH is 1. The van der Waals surface area contributed by atoms with Crippen molar-refractivity contribution in [3.8, 4) is 0 Å². The van der Waals surface area contributed by atoms with Crippen LogP contribution in [0.25, 0.3) is 11.3 Å². The van der Waals surface area contributed by atoms with Gasteiger partial charge in [0.05, 0.1) is 6.61 Å². The fourth-order valence-electron chi connectivity index (χ4n) is 3.07. The third-order valence-electron chi connectivity index (χ3n) is 4.49. The van der Waals surface area contributed by atoms with Crippen LogP contribution in [0.4, 0.5) is 11.6 Å². The van der Waals surface area contributed by atoms with Crippen LogP contribution in [0.5, 0.6) is 0 Å². The molecule has 1 aliphatic heterocycles. The molecule has 2 aromatic heterocycles. The van der Waals surface area contributed by atoms with Gasteiger partial charge in [-0.1, -0.05) is 30.3 Å². The van der Waals surface area contributed by atoms with Crippen molar-refractivity contribution in [1.29, 1.82) is 0 Å². The number of hydrogen-bond acceptors (Lipinski definition) is 9. The highest BCUT2D eigenvalue weighted by Crippen LogP contribution is 2.25. The summed E-state index contributed by atoms with van der Waals surface area (Å²) in [6.07, 6.45) is 0. The predicted octanol–water partition coefficient (Wildman–Crippen LogP) is 0.739. The van der Waals surface area contributed by atoms with Gasteiger partial charge in [-0.25, -0.2) is 14.6 Å². The van der Waals surface area contributed by atoms with Crippen molar-refractivity contribution in [1.82, 2.24) is 25.2 Å². The van der Waals surface area contributed by atoms with Crippen LogP contribution in [0.15, 0.2) is 35.0 Å². The number of rotatable bonds is 6. The van der Waals surface area contributed by atoms with Gasteiger partial charge in [0.25, 0.3) is 0 Å². The summed E-state index contributed by atoms with van der Waals surface area (Å²) in [4.78, 5) is 13.6. The number of fused-ring (bicyclic) bond motifs is 1. The molecule has 0 radical (unpaired) electrons. The number of hydrogen-bond donors (Lipinski definition) is 2. The second-order valence-corrected chi connectivity index (χ2v) is 6.20. The minimum atomic E-state index is 0.181. The summed E-state index contributed by atoms with van der Waals surface area (Å²) in [5, 5.41) is 20.1. The standard InChI is InChI=1S/C17H21N7O2/c25-11-10-23-6-8-24(9-7-23)17-16(18-12-13-4-2-1-3-5-13)19-14-15(20-17)22-26-21-14/h1-5,25H,6-12H2,(H,18,19,21). The van der Waals surface area contributed by atoms with E-state index in [0.717, 1.165) is 37.6 Å². The van der Waals surface area contributed by atoms with Crippen LogP contribution < -0.4 is 10.2 Å². The second kappa shape index (κ2) is 7.63. The largest absolute Gasteiger partial charge is 0.395 e. The first kappa shape index (κ1) is 16.7. The lowest BCUT2D eigenvalue weighted by Gasteiger charge is -2.35. The van der Waals surface area contributed by atoms with Crippen molar-refractivity contribution < 1.29 is 9.74 Å². The molecule has 0 aliphatic carbocycles. The summed E-state index contributed by atoms with van der Waals surface area (Å²) in [5.41, 5.74) is 1.96. The first-order valence-corrected chi connectivity index (χ1v) is 8.70. The van der Waals surface area contributed by atoms with Crippen LogP contribution in [0, 0.1) is 0 Å². The lowest BCUT2D eigenvalue weighted by molar-refractivity contribution is 0.188. The van der Waals surface area contributed by atoms with Crippen LogP contribution in [0.2, 0.25) is 0 Å². The smallest absolute Gasteiger partial charge is 0.245 e. The molecule has 3 heterocycles. The van der Waals surface area contributed by atoms with Gasteiger partial charge in [0.15, 0.2) is 11.6 Å². The normalized spacial score (nSPS) is 15.5. The number of nitrogens with zero attached hydrogens (tertiary/aromatic N) is 6. The number of aromatic nitrogens is 4. The summed E-state index contributed by atoms with van der Waals surface area (Å²) in [6.45, 7) is 4.89. The molecule has 0 unspecified atom stereocenters. The summed E-state index contributed by atoms with van der Waals surface area (Å²) in [7, 11) is 0. The molecule has 3 aromatic rings. The Hall–Kier alpha value is -2.78. The SMILES string of the molecule is OCCN1CCN(c2nc3nonc3nc2NCc2ccccc2)CC1. The molecule has 9 heteroatoms. The number of aliphatic hydroxyl groups is 1. The molecule has 2 N–H and O–H groups in total. The topological polar surface area (TPSA) is 103 Å². The van der Waals surface area contributed by atoms with E-state index < -0.39 is 0 Å². The molecule has 0 amide bonds. The molecule has 1 fully saturated rings. The number of anilines is 2. The van der Waals surface area contributed by atoms with Gasteiger partial charge < -0.3 is 15.3 Å². The van der Waals surface area contributed by atoms with Gasteiger partial charge >= 0.3 is 0 Å². The Balaban J connectivity index is 1.56. The average molecular weight is 355 g/mol. The van der Waals surface area contributed by atoms with Crippen molar-refractivity contribution in [2.75, 3.05) is 49.5 Å². The fourth-order valence-corrected chi connectivity index (χ4v) is 3.07. The maximum absolute atomic E-state index is 9.11. The first-order valence-electron chi connectivity index (χ1n) is 8.70. The molecular formula is C17H21N7O2. The van der Waals surface area contributed by atoms with Crippen LogP contribution in [0.3, 0.4) is 0 Å². The maximum atomic E-state index is 9.11. The van der Waals surface area contributed by atoms with E-state index in [-0.39, 0.29) is 6.61 Å². The van der Waals surface area contributed by atoms with E-state index in [1.807, 2.05) is 18.2 Å². The van der Waals surface area contributed by atoms with Gasteiger partial charge in [0.2, 0.25) is 11.3 Å². The van der Waals surface area contributed by atoms with Crippen molar-refractivity contribution in [3.05, 3.63) is 35.9 Å². The molecule has 1 aromatic carbocycles. The van der Waals surface area contributed by atoms with E-state index in [9.17, 15) is 0 Å². The van der Waals surface area contributed by atoms with Gasteiger partial charge in [0.1, 0.15) is 0 Å². The van der Waals surface area contributed by atoms with E-state index in [1.165, 1.54) is 0 Å². The maximum Gasteiger partial charge on any atom is 0.245 e. The molecule has 0 atom stereocenters. The zero-order valence-corrected chi connectivity index (χ0v) is 14.4. The molecule has 0 bridgehead atoms. The highest BCUT2D eigenvalue weighted by molar-refractivity contribution is 5.74. The van der Waals surface area contributed by atoms with Gasteiger partial charge in [-0.15, -0.1) is 0 Å². The van der Waals surface area contributed by atoms with Gasteiger partial charge in [-0.2, -0.15) is 0 Å². The Bertz CT molecular complexity index is 847. The highest BCUT2D eigenvalue weighted by Gasteiger charge is 2.22. The molecule has 9 nitrogen and oxygen atoms in total. The number of piperazine rings is 1. The summed E-state index contributed by atoms with van der Waals surface area (Å²) in [6, 6.07) is 10.1. The average Bonchev–Trinajstić information content (AvgIpc) is 3.15. The third-order valence-corrected chi connectivity index (χ3v) is 4.49. The minimum Gasteiger partial charge on any atom is -0.395 e. The lowest BCUT2D eigenvalue weighted by Crippen LogP contribution is -2.47. The Morgan fingerprint density at radius 1 is 1.00 bits per heavy atom. The molecule has 4 rings (SSSR count). The Labute approximate surface area is 150 Å².